The van der Waals surface area contributed by atoms with Crippen molar-refractivity contribution >= 4 is 21.6 Å². The molecule has 3 rings (SSSR count). The van der Waals surface area contributed by atoms with Crippen LogP contribution in [0.15, 0.2) is 71.6 Å². The molecule has 0 saturated heterocycles. The Morgan fingerprint density at radius 2 is 1.52 bits per heavy atom. The van der Waals surface area contributed by atoms with Crippen LogP contribution in [0, 0.1) is 20.8 Å². The van der Waals surface area contributed by atoms with Crippen LogP contribution >= 0.6 is 0 Å². The molecule has 1 amide bonds. The smallest absolute Gasteiger partial charge is 0.264 e. The van der Waals surface area contributed by atoms with Crippen molar-refractivity contribution in [3.63, 3.8) is 0 Å². The summed E-state index contributed by atoms with van der Waals surface area (Å²) in [6, 6.07) is 19.3. The Kier molecular flexibility index (Phi) is 6.51. The second-order valence-electron chi connectivity index (χ2n) is 7.86. The number of amides is 1. The fourth-order valence-electron chi connectivity index (χ4n) is 3.60. The molecule has 0 aliphatic carbocycles. The third kappa shape index (κ3) is 4.80. The maximum atomic E-state index is 13.1. The summed E-state index contributed by atoms with van der Waals surface area (Å²) in [6.45, 7) is 7.86. The van der Waals surface area contributed by atoms with Gasteiger partial charge in [0.25, 0.3) is 15.9 Å². The lowest BCUT2D eigenvalue weighted by molar-refractivity contribution is 0.0940. The van der Waals surface area contributed by atoms with Crippen molar-refractivity contribution in [2.75, 3.05) is 11.4 Å². The second kappa shape index (κ2) is 8.94. The number of sulfonamides is 1. The summed E-state index contributed by atoms with van der Waals surface area (Å²) in [6.07, 6.45) is 0. The monoisotopic (exact) mass is 436 g/mol. The molecule has 0 aliphatic rings. The number of rotatable bonds is 6. The van der Waals surface area contributed by atoms with E-state index in [0.29, 0.717) is 11.3 Å². The van der Waals surface area contributed by atoms with Crippen molar-refractivity contribution < 1.29 is 13.2 Å². The molecule has 0 spiro atoms. The number of carbonyl (C=O) groups excluding carboxylic acids is 1. The highest BCUT2D eigenvalue weighted by atomic mass is 32.2. The second-order valence-corrected chi connectivity index (χ2v) is 9.83. The fourth-order valence-corrected chi connectivity index (χ4v) is 4.82. The van der Waals surface area contributed by atoms with Gasteiger partial charge in [0.2, 0.25) is 0 Å². The van der Waals surface area contributed by atoms with Crippen LogP contribution in [0.2, 0.25) is 0 Å². The summed E-state index contributed by atoms with van der Waals surface area (Å²) in [5.41, 5.74) is 4.89. The summed E-state index contributed by atoms with van der Waals surface area (Å²) in [5, 5.41) is 3.01. The minimum Gasteiger partial charge on any atom is -0.345 e. The van der Waals surface area contributed by atoms with Crippen LogP contribution in [0.25, 0.3) is 0 Å². The lowest BCUT2D eigenvalue weighted by Crippen LogP contribution is -2.32. The van der Waals surface area contributed by atoms with Crippen molar-refractivity contribution in [2.45, 2.75) is 38.6 Å². The van der Waals surface area contributed by atoms with Crippen LogP contribution in [0.1, 0.15) is 45.6 Å². The molecule has 6 heteroatoms. The van der Waals surface area contributed by atoms with Crippen molar-refractivity contribution in [1.29, 1.82) is 0 Å². The Morgan fingerprint density at radius 3 is 2.16 bits per heavy atom. The number of anilines is 1. The highest BCUT2D eigenvalue weighted by molar-refractivity contribution is 7.92. The zero-order chi connectivity index (χ0) is 22.8. The summed E-state index contributed by atoms with van der Waals surface area (Å²) >= 11 is 0. The Bertz CT molecular complexity index is 1200. The standard InChI is InChI=1S/C25H28N2O3S/c1-17-10-13-21(14-11-17)31(29,30)27(5)24-9-7-6-8-23(24)25(28)26-20(4)22-15-12-18(2)16-19(22)3/h6-16,20H,1-5H3,(H,26,28). The quantitative estimate of drug-likeness (QED) is 0.596. The predicted molar refractivity (Wildman–Crippen MR) is 125 cm³/mol. The molecule has 162 valence electrons. The van der Waals surface area contributed by atoms with Crippen molar-refractivity contribution in [3.8, 4) is 0 Å². The van der Waals surface area contributed by atoms with Gasteiger partial charge in [0.15, 0.2) is 0 Å². The molecule has 5 nitrogen and oxygen atoms in total. The van der Waals surface area contributed by atoms with Gasteiger partial charge in [-0.15, -0.1) is 0 Å². The van der Waals surface area contributed by atoms with Gasteiger partial charge in [-0.2, -0.15) is 0 Å². The average molecular weight is 437 g/mol. The van der Waals surface area contributed by atoms with Crippen LogP contribution in [-0.2, 0) is 10.0 Å². The van der Waals surface area contributed by atoms with Crippen LogP contribution < -0.4 is 9.62 Å². The normalized spacial score (nSPS) is 12.3. The topological polar surface area (TPSA) is 66.5 Å². The number of benzene rings is 3. The molecule has 0 aliphatic heterocycles. The number of para-hydroxylation sites is 1. The summed E-state index contributed by atoms with van der Waals surface area (Å²) in [4.78, 5) is 13.3. The van der Waals surface area contributed by atoms with Crippen molar-refractivity contribution in [1.82, 2.24) is 5.32 Å². The minimum absolute atomic E-state index is 0.180. The summed E-state index contributed by atoms with van der Waals surface area (Å²) < 4.78 is 27.4. The van der Waals surface area contributed by atoms with Gasteiger partial charge < -0.3 is 5.32 Å². The van der Waals surface area contributed by atoms with Crippen LogP contribution in [0.3, 0.4) is 0 Å². The Hall–Kier alpha value is -3.12. The average Bonchev–Trinajstić information content (AvgIpc) is 2.73. The number of aryl methyl sites for hydroxylation is 3. The van der Waals surface area contributed by atoms with Gasteiger partial charge in [0, 0.05) is 7.05 Å². The fraction of sp³-hybridized carbons (Fsp3) is 0.240. The molecule has 1 N–H and O–H groups in total. The van der Waals surface area contributed by atoms with Gasteiger partial charge in [-0.1, -0.05) is 53.6 Å². The SMILES string of the molecule is Cc1ccc(S(=O)(=O)N(C)c2ccccc2C(=O)NC(C)c2ccc(C)cc2C)cc1. The number of nitrogens with one attached hydrogen (secondary N) is 1. The summed E-state index contributed by atoms with van der Waals surface area (Å²) in [7, 11) is -2.34. The molecule has 0 radical (unpaired) electrons. The predicted octanol–water partition coefficient (Wildman–Crippen LogP) is 4.93. The maximum Gasteiger partial charge on any atom is 0.264 e. The minimum atomic E-state index is -3.80. The van der Waals surface area contributed by atoms with Crippen molar-refractivity contribution in [3.05, 3.63) is 94.5 Å². The van der Waals surface area contributed by atoms with E-state index in [4.69, 9.17) is 0 Å². The first kappa shape index (κ1) is 22.6. The van der Waals surface area contributed by atoms with E-state index in [1.807, 2.05) is 39.8 Å². The molecule has 31 heavy (non-hydrogen) atoms. The van der Waals surface area contributed by atoms with Gasteiger partial charge in [0.05, 0.1) is 22.2 Å². The van der Waals surface area contributed by atoms with Gasteiger partial charge in [-0.25, -0.2) is 8.42 Å². The molecule has 1 atom stereocenters. The zero-order valence-corrected chi connectivity index (χ0v) is 19.3. The summed E-state index contributed by atoms with van der Waals surface area (Å²) in [5.74, 6) is -0.325. The van der Waals surface area contributed by atoms with Gasteiger partial charge in [0.1, 0.15) is 0 Å². The van der Waals surface area contributed by atoms with Crippen LogP contribution in [-0.4, -0.2) is 21.4 Å². The number of carbonyl (C=O) groups is 1. The number of hydrogen-bond donors (Lipinski definition) is 1. The van der Waals surface area contributed by atoms with E-state index in [1.54, 1.807) is 48.5 Å². The maximum absolute atomic E-state index is 13.1. The van der Waals surface area contributed by atoms with E-state index in [9.17, 15) is 13.2 Å². The molecule has 3 aromatic rings. The van der Waals surface area contributed by atoms with E-state index >= 15 is 0 Å². The zero-order valence-electron chi connectivity index (χ0n) is 18.5. The molecule has 0 bridgehead atoms. The van der Waals surface area contributed by atoms with Crippen LogP contribution in [0.5, 0.6) is 0 Å². The molecule has 0 fully saturated rings. The highest BCUT2D eigenvalue weighted by Crippen LogP contribution is 2.27. The van der Waals surface area contributed by atoms with E-state index in [1.165, 1.54) is 7.05 Å². The Labute approximate surface area is 184 Å². The van der Waals surface area contributed by atoms with Gasteiger partial charge in [-0.05, 0) is 63.1 Å². The molecular formula is C25H28N2O3S. The first-order valence-electron chi connectivity index (χ1n) is 10.1. The number of hydrogen-bond acceptors (Lipinski definition) is 3. The lowest BCUT2D eigenvalue weighted by Gasteiger charge is -2.23. The molecule has 0 saturated carbocycles. The molecule has 3 aromatic carbocycles. The van der Waals surface area contributed by atoms with Gasteiger partial charge in [-0.3, -0.25) is 9.10 Å². The first-order chi connectivity index (χ1) is 14.6. The number of nitrogens with zero attached hydrogens (tertiary/aromatic N) is 1. The van der Waals surface area contributed by atoms with E-state index < -0.39 is 10.0 Å². The van der Waals surface area contributed by atoms with E-state index in [-0.39, 0.29) is 16.8 Å². The molecule has 0 aromatic heterocycles. The highest BCUT2D eigenvalue weighted by Gasteiger charge is 2.25. The molecule has 0 heterocycles. The van der Waals surface area contributed by atoms with E-state index in [2.05, 4.69) is 11.4 Å². The third-order valence-corrected chi connectivity index (χ3v) is 7.19. The third-order valence-electron chi connectivity index (χ3n) is 5.41. The largest absolute Gasteiger partial charge is 0.345 e. The Balaban J connectivity index is 1.90. The van der Waals surface area contributed by atoms with E-state index in [0.717, 1.165) is 26.6 Å². The first-order valence-corrected chi connectivity index (χ1v) is 11.6. The molecule has 1 unspecified atom stereocenters. The molecular weight excluding hydrogens is 408 g/mol. The van der Waals surface area contributed by atoms with Gasteiger partial charge >= 0.3 is 0 Å². The van der Waals surface area contributed by atoms with Crippen molar-refractivity contribution in [2.24, 2.45) is 0 Å². The lowest BCUT2D eigenvalue weighted by atomic mass is 10.00. The van der Waals surface area contributed by atoms with Crippen LogP contribution in [0.4, 0.5) is 5.69 Å². The Morgan fingerprint density at radius 1 is 0.903 bits per heavy atom.